The molecule has 1 saturated heterocycles. The molecule has 1 fully saturated rings. The predicted molar refractivity (Wildman–Crippen MR) is 135 cm³/mol. The van der Waals surface area contributed by atoms with Crippen molar-refractivity contribution in [3.8, 4) is 11.5 Å². The number of ether oxygens (including phenoxy) is 2. The Morgan fingerprint density at radius 2 is 1.69 bits per heavy atom. The molecule has 0 N–H and O–H groups in total. The van der Waals surface area contributed by atoms with Gasteiger partial charge in [0, 0.05) is 62.1 Å². The number of hydrogen-bond donors (Lipinski definition) is 0. The van der Waals surface area contributed by atoms with Crippen LogP contribution in [0.3, 0.4) is 0 Å². The van der Waals surface area contributed by atoms with Gasteiger partial charge in [-0.15, -0.1) is 0 Å². The number of methoxy groups -OCH3 is 2. The Bertz CT molecular complexity index is 1270. The molecular weight excluding hydrogens is 462 g/mol. The Hall–Kier alpha value is -4.21. The first kappa shape index (κ1) is 24.9. The van der Waals surface area contributed by atoms with E-state index < -0.39 is 4.92 Å². The summed E-state index contributed by atoms with van der Waals surface area (Å²) in [5.74, 6) is 2.54. The van der Waals surface area contributed by atoms with Crippen molar-refractivity contribution in [2.24, 2.45) is 0 Å². The number of nitro benzene ring substituents is 1. The van der Waals surface area contributed by atoms with E-state index in [9.17, 15) is 14.9 Å². The van der Waals surface area contributed by atoms with Crippen molar-refractivity contribution in [3.05, 3.63) is 80.8 Å². The maximum absolute atomic E-state index is 13.2. The minimum atomic E-state index is -0.405. The van der Waals surface area contributed by atoms with Crippen LogP contribution >= 0.6 is 0 Å². The number of benzene rings is 2. The van der Waals surface area contributed by atoms with Gasteiger partial charge in [0.2, 0.25) is 0 Å². The predicted octanol–water partition coefficient (Wildman–Crippen LogP) is 3.57. The molecule has 2 heterocycles. The second-order valence-electron chi connectivity index (χ2n) is 8.60. The molecule has 3 aromatic rings. The van der Waals surface area contributed by atoms with Gasteiger partial charge in [0.15, 0.2) is 0 Å². The lowest BCUT2D eigenvalue weighted by atomic mass is 10.0. The topological polar surface area (TPSA) is 111 Å². The molecule has 0 spiro atoms. The van der Waals surface area contributed by atoms with Crippen LogP contribution in [-0.2, 0) is 6.42 Å². The number of nitrogens with zero attached hydrogens (tertiary/aromatic N) is 5. The quantitative estimate of drug-likeness (QED) is 0.364. The fraction of sp³-hybridized carbons (Fsp3) is 0.346. The van der Waals surface area contributed by atoms with E-state index in [1.165, 1.54) is 19.2 Å². The number of aromatic nitrogens is 2. The van der Waals surface area contributed by atoms with Crippen molar-refractivity contribution < 1.29 is 19.2 Å². The standard InChI is InChI=1S/C26H29N5O5/c1-17-23(15-19-5-7-20(8-6-19)31(33)34)25(28-18(2)27-17)29-11-13-30(14-12-29)26(32)22-10-9-21(35-3)16-24(22)36-4/h5-10,16H,11-15H2,1-4H3. The summed E-state index contributed by atoms with van der Waals surface area (Å²) in [6.45, 7) is 6.12. The summed E-state index contributed by atoms with van der Waals surface area (Å²) in [6.07, 6.45) is 0.557. The number of piperazine rings is 1. The highest BCUT2D eigenvalue weighted by Crippen LogP contribution is 2.28. The molecule has 1 aliphatic heterocycles. The van der Waals surface area contributed by atoms with Crippen LogP contribution in [0, 0.1) is 24.0 Å². The van der Waals surface area contributed by atoms with E-state index in [4.69, 9.17) is 14.5 Å². The molecule has 0 radical (unpaired) electrons. The first-order valence-electron chi connectivity index (χ1n) is 11.6. The molecule has 36 heavy (non-hydrogen) atoms. The first-order chi connectivity index (χ1) is 17.3. The summed E-state index contributed by atoms with van der Waals surface area (Å²) in [4.78, 5) is 37.1. The molecule has 0 unspecified atom stereocenters. The van der Waals surface area contributed by atoms with E-state index in [2.05, 4.69) is 9.88 Å². The van der Waals surface area contributed by atoms with Gasteiger partial charge in [0.25, 0.3) is 11.6 Å². The Kier molecular flexibility index (Phi) is 7.33. The van der Waals surface area contributed by atoms with Crippen molar-refractivity contribution in [2.45, 2.75) is 20.3 Å². The first-order valence-corrected chi connectivity index (χ1v) is 11.6. The van der Waals surface area contributed by atoms with Gasteiger partial charge in [-0.3, -0.25) is 14.9 Å². The third kappa shape index (κ3) is 5.22. The maximum atomic E-state index is 13.2. The molecule has 2 aromatic carbocycles. The van der Waals surface area contributed by atoms with Crippen LogP contribution in [-0.4, -0.2) is 66.1 Å². The normalized spacial score (nSPS) is 13.4. The fourth-order valence-electron chi connectivity index (χ4n) is 4.39. The van der Waals surface area contributed by atoms with Gasteiger partial charge in [0.05, 0.1) is 24.7 Å². The highest BCUT2D eigenvalue weighted by Gasteiger charge is 2.27. The third-order valence-corrected chi connectivity index (χ3v) is 6.34. The lowest BCUT2D eigenvalue weighted by Crippen LogP contribution is -2.49. The lowest BCUT2D eigenvalue weighted by molar-refractivity contribution is -0.384. The number of hydrogen-bond acceptors (Lipinski definition) is 8. The van der Waals surface area contributed by atoms with E-state index in [-0.39, 0.29) is 11.6 Å². The Balaban J connectivity index is 1.52. The molecule has 188 valence electrons. The smallest absolute Gasteiger partial charge is 0.269 e. The molecule has 0 aliphatic carbocycles. The van der Waals surface area contributed by atoms with Gasteiger partial charge < -0.3 is 19.3 Å². The molecule has 0 atom stereocenters. The van der Waals surface area contributed by atoms with Crippen molar-refractivity contribution in [1.82, 2.24) is 14.9 Å². The molecule has 10 nitrogen and oxygen atoms in total. The monoisotopic (exact) mass is 491 g/mol. The van der Waals surface area contributed by atoms with Crippen molar-refractivity contribution in [2.75, 3.05) is 45.3 Å². The highest BCUT2D eigenvalue weighted by atomic mass is 16.6. The maximum Gasteiger partial charge on any atom is 0.269 e. The van der Waals surface area contributed by atoms with Crippen molar-refractivity contribution in [1.29, 1.82) is 0 Å². The lowest BCUT2D eigenvalue weighted by Gasteiger charge is -2.36. The minimum Gasteiger partial charge on any atom is -0.497 e. The Morgan fingerprint density at radius 1 is 1.00 bits per heavy atom. The summed E-state index contributed by atoms with van der Waals surface area (Å²) in [7, 11) is 3.11. The van der Waals surface area contributed by atoms with E-state index in [0.29, 0.717) is 55.5 Å². The number of carbonyl (C=O) groups excluding carboxylic acids is 1. The average Bonchev–Trinajstić information content (AvgIpc) is 2.89. The van der Waals surface area contributed by atoms with Gasteiger partial charge in [-0.05, 0) is 31.5 Å². The Morgan fingerprint density at radius 3 is 2.31 bits per heavy atom. The second kappa shape index (κ2) is 10.6. The van der Waals surface area contributed by atoms with Gasteiger partial charge in [0.1, 0.15) is 23.1 Å². The van der Waals surface area contributed by atoms with Gasteiger partial charge in [-0.2, -0.15) is 0 Å². The van der Waals surface area contributed by atoms with Crippen LogP contribution in [0.25, 0.3) is 0 Å². The number of rotatable bonds is 7. The SMILES string of the molecule is COc1ccc(C(=O)N2CCN(c3nc(C)nc(C)c3Cc3ccc([N+](=O)[O-])cc3)CC2)c(OC)c1. The summed E-state index contributed by atoms with van der Waals surface area (Å²) in [5.41, 5.74) is 3.35. The van der Waals surface area contributed by atoms with Gasteiger partial charge in [-0.1, -0.05) is 12.1 Å². The number of non-ortho nitro benzene ring substituents is 1. The van der Waals surface area contributed by atoms with E-state index >= 15 is 0 Å². The molecule has 1 amide bonds. The summed E-state index contributed by atoms with van der Waals surface area (Å²) >= 11 is 0. The summed E-state index contributed by atoms with van der Waals surface area (Å²) in [5, 5.41) is 11.0. The second-order valence-corrected chi connectivity index (χ2v) is 8.60. The number of anilines is 1. The zero-order chi connectivity index (χ0) is 25.8. The molecule has 10 heteroatoms. The largest absolute Gasteiger partial charge is 0.497 e. The van der Waals surface area contributed by atoms with Crippen LogP contribution in [0.4, 0.5) is 11.5 Å². The summed E-state index contributed by atoms with van der Waals surface area (Å²) < 4.78 is 10.7. The van der Waals surface area contributed by atoms with Gasteiger partial charge >= 0.3 is 0 Å². The molecular formula is C26H29N5O5. The molecule has 1 aliphatic rings. The average molecular weight is 492 g/mol. The zero-order valence-corrected chi connectivity index (χ0v) is 20.9. The van der Waals surface area contributed by atoms with Crippen LogP contribution in [0.15, 0.2) is 42.5 Å². The van der Waals surface area contributed by atoms with Gasteiger partial charge in [-0.25, -0.2) is 9.97 Å². The zero-order valence-electron chi connectivity index (χ0n) is 20.9. The number of amides is 1. The Labute approximate surface area is 209 Å². The molecule has 1 aromatic heterocycles. The third-order valence-electron chi connectivity index (χ3n) is 6.34. The van der Waals surface area contributed by atoms with Crippen LogP contribution in [0.5, 0.6) is 11.5 Å². The molecule has 4 rings (SSSR count). The van der Waals surface area contributed by atoms with E-state index in [1.54, 1.807) is 37.4 Å². The van der Waals surface area contributed by atoms with Crippen LogP contribution < -0.4 is 14.4 Å². The summed E-state index contributed by atoms with van der Waals surface area (Å²) in [6, 6.07) is 11.7. The highest BCUT2D eigenvalue weighted by molar-refractivity contribution is 5.97. The van der Waals surface area contributed by atoms with E-state index in [0.717, 1.165) is 22.6 Å². The minimum absolute atomic E-state index is 0.0603. The van der Waals surface area contributed by atoms with Crippen molar-refractivity contribution >= 4 is 17.4 Å². The number of nitro groups is 1. The molecule has 0 saturated carbocycles. The fourth-order valence-corrected chi connectivity index (χ4v) is 4.39. The number of carbonyl (C=O) groups is 1. The van der Waals surface area contributed by atoms with E-state index in [1.807, 2.05) is 18.7 Å². The van der Waals surface area contributed by atoms with Crippen LogP contribution in [0.1, 0.15) is 33.0 Å². The molecule has 0 bridgehead atoms. The van der Waals surface area contributed by atoms with Crippen LogP contribution in [0.2, 0.25) is 0 Å². The van der Waals surface area contributed by atoms with Crippen molar-refractivity contribution in [3.63, 3.8) is 0 Å². The number of aryl methyl sites for hydroxylation is 2.